The molecule has 104 valence electrons. The van der Waals surface area contributed by atoms with E-state index in [-0.39, 0.29) is 5.91 Å². The number of hydrogen-bond acceptors (Lipinski definition) is 2. The van der Waals surface area contributed by atoms with E-state index in [1.165, 1.54) is 23.6 Å². The number of anilines is 2. The zero-order chi connectivity index (χ0) is 14.5. The average Bonchev–Trinajstić information content (AvgIpc) is 2.39. The number of nitrogens with one attached hydrogen (secondary N) is 2. The van der Waals surface area contributed by atoms with Gasteiger partial charge in [0.1, 0.15) is 0 Å². The van der Waals surface area contributed by atoms with E-state index < -0.39 is 0 Å². The van der Waals surface area contributed by atoms with Gasteiger partial charge in [-0.15, -0.1) is 0 Å². The fraction of sp³-hybridized carbons (Fsp3) is 0.235. The van der Waals surface area contributed by atoms with Crippen LogP contribution in [0.15, 0.2) is 42.5 Å². The number of rotatable bonds is 4. The predicted octanol–water partition coefficient (Wildman–Crippen LogP) is 3.87. The molecule has 0 atom stereocenters. The number of aryl methyl sites for hydroxylation is 2. The molecule has 0 fully saturated rings. The Morgan fingerprint density at radius 1 is 1.05 bits per heavy atom. The van der Waals surface area contributed by atoms with Gasteiger partial charge < -0.3 is 10.6 Å². The van der Waals surface area contributed by atoms with Crippen LogP contribution in [0, 0.1) is 13.8 Å². The van der Waals surface area contributed by atoms with E-state index in [0.717, 1.165) is 17.9 Å². The van der Waals surface area contributed by atoms with Crippen LogP contribution in [-0.4, -0.2) is 5.91 Å². The molecule has 0 aliphatic rings. The minimum absolute atomic E-state index is 0.0586. The maximum Gasteiger partial charge on any atom is 0.221 e. The second-order valence-electron chi connectivity index (χ2n) is 5.05. The van der Waals surface area contributed by atoms with Gasteiger partial charge in [-0.25, -0.2) is 0 Å². The molecule has 3 heteroatoms. The van der Waals surface area contributed by atoms with Crippen molar-refractivity contribution in [2.75, 3.05) is 10.6 Å². The minimum atomic E-state index is -0.0586. The Balaban J connectivity index is 2.07. The Hall–Kier alpha value is -2.29. The summed E-state index contributed by atoms with van der Waals surface area (Å²) in [6, 6.07) is 14.2. The quantitative estimate of drug-likeness (QED) is 0.883. The van der Waals surface area contributed by atoms with Crippen molar-refractivity contribution < 1.29 is 4.79 Å². The number of amides is 1. The smallest absolute Gasteiger partial charge is 0.221 e. The highest BCUT2D eigenvalue weighted by molar-refractivity contribution is 5.89. The summed E-state index contributed by atoms with van der Waals surface area (Å²) in [5.41, 5.74) is 5.64. The summed E-state index contributed by atoms with van der Waals surface area (Å²) in [5.74, 6) is -0.0586. The van der Waals surface area contributed by atoms with Gasteiger partial charge in [-0.3, -0.25) is 4.79 Å². The molecular formula is C17H20N2O. The summed E-state index contributed by atoms with van der Waals surface area (Å²) in [7, 11) is 0. The summed E-state index contributed by atoms with van der Waals surface area (Å²) < 4.78 is 0. The summed E-state index contributed by atoms with van der Waals surface area (Å²) >= 11 is 0. The van der Waals surface area contributed by atoms with Crippen molar-refractivity contribution in [2.45, 2.75) is 27.3 Å². The predicted molar refractivity (Wildman–Crippen MR) is 84.0 cm³/mol. The molecule has 0 bridgehead atoms. The molecule has 0 unspecified atom stereocenters. The maximum atomic E-state index is 11.1. The summed E-state index contributed by atoms with van der Waals surface area (Å²) in [6.45, 7) is 6.50. The highest BCUT2D eigenvalue weighted by Crippen LogP contribution is 2.17. The van der Waals surface area contributed by atoms with Crippen LogP contribution in [-0.2, 0) is 11.3 Å². The molecule has 2 N–H and O–H groups in total. The van der Waals surface area contributed by atoms with Crippen molar-refractivity contribution in [2.24, 2.45) is 0 Å². The van der Waals surface area contributed by atoms with Gasteiger partial charge in [0.15, 0.2) is 0 Å². The van der Waals surface area contributed by atoms with Crippen molar-refractivity contribution in [1.29, 1.82) is 0 Å². The first kappa shape index (κ1) is 14.1. The van der Waals surface area contributed by atoms with Crippen LogP contribution in [0.4, 0.5) is 11.4 Å². The average molecular weight is 268 g/mol. The third-order valence-electron chi connectivity index (χ3n) is 3.17. The van der Waals surface area contributed by atoms with E-state index in [4.69, 9.17) is 0 Å². The molecule has 2 rings (SSSR count). The molecule has 0 spiro atoms. The third-order valence-corrected chi connectivity index (χ3v) is 3.17. The Labute approximate surface area is 120 Å². The zero-order valence-electron chi connectivity index (χ0n) is 12.2. The van der Waals surface area contributed by atoms with E-state index in [9.17, 15) is 4.79 Å². The molecule has 0 radical (unpaired) electrons. The SMILES string of the molecule is CC(=O)Nc1cccc(NCc2cc(C)ccc2C)c1. The lowest BCUT2D eigenvalue weighted by molar-refractivity contribution is -0.114. The molecule has 1 amide bonds. The first-order chi connectivity index (χ1) is 9.54. The van der Waals surface area contributed by atoms with E-state index >= 15 is 0 Å². The van der Waals surface area contributed by atoms with Crippen LogP contribution in [0.3, 0.4) is 0 Å². The second-order valence-corrected chi connectivity index (χ2v) is 5.05. The first-order valence-electron chi connectivity index (χ1n) is 6.72. The van der Waals surface area contributed by atoms with Gasteiger partial charge in [-0.2, -0.15) is 0 Å². The number of hydrogen-bond donors (Lipinski definition) is 2. The molecule has 2 aromatic rings. The fourth-order valence-electron chi connectivity index (χ4n) is 2.10. The van der Waals surface area contributed by atoms with Crippen LogP contribution in [0.25, 0.3) is 0 Å². The largest absolute Gasteiger partial charge is 0.381 e. The highest BCUT2D eigenvalue weighted by Gasteiger charge is 2.01. The monoisotopic (exact) mass is 268 g/mol. The van der Waals surface area contributed by atoms with Crippen molar-refractivity contribution in [3.8, 4) is 0 Å². The Bertz CT molecular complexity index is 620. The zero-order valence-corrected chi connectivity index (χ0v) is 12.2. The molecule has 20 heavy (non-hydrogen) atoms. The van der Waals surface area contributed by atoms with Crippen molar-refractivity contribution >= 4 is 17.3 Å². The molecule has 0 aliphatic heterocycles. The normalized spacial score (nSPS) is 10.2. The van der Waals surface area contributed by atoms with Gasteiger partial charge in [0.05, 0.1) is 0 Å². The summed E-state index contributed by atoms with van der Waals surface area (Å²) in [6.07, 6.45) is 0. The summed E-state index contributed by atoms with van der Waals surface area (Å²) in [5, 5.41) is 6.18. The second kappa shape index (κ2) is 6.24. The number of benzene rings is 2. The Morgan fingerprint density at radius 3 is 2.55 bits per heavy atom. The Kier molecular flexibility index (Phi) is 4.41. The van der Waals surface area contributed by atoms with Gasteiger partial charge >= 0.3 is 0 Å². The molecule has 2 aromatic carbocycles. The first-order valence-corrected chi connectivity index (χ1v) is 6.72. The topological polar surface area (TPSA) is 41.1 Å². The van der Waals surface area contributed by atoms with Gasteiger partial charge in [-0.05, 0) is 43.2 Å². The third kappa shape index (κ3) is 3.85. The van der Waals surface area contributed by atoms with Gasteiger partial charge in [0.25, 0.3) is 0 Å². The van der Waals surface area contributed by atoms with Crippen LogP contribution in [0.5, 0.6) is 0 Å². The van der Waals surface area contributed by atoms with E-state index in [0.29, 0.717) is 0 Å². The molecule has 0 saturated heterocycles. The molecule has 0 aliphatic carbocycles. The fourth-order valence-corrected chi connectivity index (χ4v) is 2.10. The van der Waals surface area contributed by atoms with Crippen molar-refractivity contribution in [3.63, 3.8) is 0 Å². The van der Waals surface area contributed by atoms with Crippen molar-refractivity contribution in [3.05, 3.63) is 59.2 Å². The van der Waals surface area contributed by atoms with E-state index in [1.807, 2.05) is 24.3 Å². The van der Waals surface area contributed by atoms with Crippen LogP contribution < -0.4 is 10.6 Å². The van der Waals surface area contributed by atoms with Crippen LogP contribution in [0.2, 0.25) is 0 Å². The van der Waals surface area contributed by atoms with Crippen LogP contribution in [0.1, 0.15) is 23.6 Å². The van der Waals surface area contributed by atoms with Gasteiger partial charge in [-0.1, -0.05) is 29.8 Å². The molecule has 0 aromatic heterocycles. The summed E-state index contributed by atoms with van der Waals surface area (Å²) in [4.78, 5) is 11.1. The maximum absolute atomic E-state index is 11.1. The van der Waals surface area contributed by atoms with Crippen molar-refractivity contribution in [1.82, 2.24) is 0 Å². The van der Waals surface area contributed by atoms with Gasteiger partial charge in [0.2, 0.25) is 5.91 Å². The van der Waals surface area contributed by atoms with E-state index in [1.54, 1.807) is 0 Å². The molecular weight excluding hydrogens is 248 g/mol. The molecule has 0 saturated carbocycles. The van der Waals surface area contributed by atoms with Crippen LogP contribution >= 0.6 is 0 Å². The minimum Gasteiger partial charge on any atom is -0.381 e. The number of carbonyl (C=O) groups is 1. The lowest BCUT2D eigenvalue weighted by Gasteiger charge is -2.11. The standard InChI is InChI=1S/C17H20N2O/c1-12-7-8-13(2)15(9-12)11-18-16-5-4-6-17(10-16)19-14(3)20/h4-10,18H,11H2,1-3H3,(H,19,20). The Morgan fingerprint density at radius 2 is 1.80 bits per heavy atom. The van der Waals surface area contributed by atoms with Gasteiger partial charge in [0, 0.05) is 24.8 Å². The highest BCUT2D eigenvalue weighted by atomic mass is 16.1. The molecule has 3 nitrogen and oxygen atoms in total. The number of carbonyl (C=O) groups excluding carboxylic acids is 1. The lowest BCUT2D eigenvalue weighted by atomic mass is 10.1. The molecule has 0 heterocycles. The lowest BCUT2D eigenvalue weighted by Crippen LogP contribution is -2.06. The van der Waals surface area contributed by atoms with E-state index in [2.05, 4.69) is 42.7 Å².